The van der Waals surface area contributed by atoms with Gasteiger partial charge in [0.15, 0.2) is 5.78 Å². The average Bonchev–Trinajstić information content (AvgIpc) is 2.57. The van der Waals surface area contributed by atoms with E-state index in [-0.39, 0.29) is 5.78 Å². The van der Waals surface area contributed by atoms with Crippen LogP contribution in [0.1, 0.15) is 27.4 Å². The lowest BCUT2D eigenvalue weighted by Gasteiger charge is -2.01. The van der Waals surface area contributed by atoms with Crippen molar-refractivity contribution in [2.24, 2.45) is 7.05 Å². The molecular formula is C12H14N4O. The van der Waals surface area contributed by atoms with E-state index in [0.29, 0.717) is 12.1 Å². The Hall–Kier alpha value is -2.04. The molecular weight excluding hydrogens is 216 g/mol. The van der Waals surface area contributed by atoms with Crippen LogP contribution in [-0.4, -0.2) is 25.5 Å². The van der Waals surface area contributed by atoms with Crippen LogP contribution in [-0.2, 0) is 13.5 Å². The van der Waals surface area contributed by atoms with E-state index < -0.39 is 0 Å². The van der Waals surface area contributed by atoms with Crippen molar-refractivity contribution in [3.63, 3.8) is 0 Å². The van der Waals surface area contributed by atoms with Gasteiger partial charge in [0, 0.05) is 37.1 Å². The number of carbonyl (C=O) groups excluding carboxylic acids is 1. The molecule has 0 aliphatic heterocycles. The number of ketones is 1. The zero-order valence-corrected chi connectivity index (χ0v) is 10.1. The Kier molecular flexibility index (Phi) is 2.99. The molecule has 88 valence electrons. The summed E-state index contributed by atoms with van der Waals surface area (Å²) >= 11 is 0. The molecule has 0 saturated carbocycles. The normalized spacial score (nSPS) is 10.5. The molecule has 0 atom stereocenters. The van der Waals surface area contributed by atoms with E-state index in [2.05, 4.69) is 15.1 Å². The third-order valence-electron chi connectivity index (χ3n) is 2.85. The molecule has 2 heterocycles. The number of aryl methyl sites for hydroxylation is 2. The van der Waals surface area contributed by atoms with Crippen molar-refractivity contribution in [1.29, 1.82) is 0 Å². The molecule has 0 bridgehead atoms. The van der Waals surface area contributed by atoms with Crippen LogP contribution in [0.4, 0.5) is 0 Å². The lowest BCUT2D eigenvalue weighted by atomic mass is 10.1. The Morgan fingerprint density at radius 2 is 2.12 bits per heavy atom. The molecule has 5 nitrogen and oxygen atoms in total. The maximum Gasteiger partial charge on any atom is 0.187 e. The summed E-state index contributed by atoms with van der Waals surface area (Å²) in [6, 6.07) is 0. The van der Waals surface area contributed by atoms with Gasteiger partial charge in [0.1, 0.15) is 5.69 Å². The first-order valence-corrected chi connectivity index (χ1v) is 5.38. The van der Waals surface area contributed by atoms with Gasteiger partial charge in [0.25, 0.3) is 0 Å². The molecule has 2 aromatic heterocycles. The molecule has 5 heteroatoms. The number of Topliss-reactive ketones (excluding diaryl/α,β-unsaturated/α-hetero) is 1. The summed E-state index contributed by atoms with van der Waals surface area (Å²) in [5.74, 6) is -0.0303. The second-order valence-corrected chi connectivity index (χ2v) is 3.96. The molecule has 0 radical (unpaired) electrons. The van der Waals surface area contributed by atoms with Gasteiger partial charge in [-0.05, 0) is 13.8 Å². The minimum absolute atomic E-state index is 0.0303. The highest BCUT2D eigenvalue weighted by Gasteiger charge is 2.15. The summed E-state index contributed by atoms with van der Waals surface area (Å²) < 4.78 is 1.79. The number of rotatable bonds is 3. The molecule has 0 amide bonds. The maximum atomic E-state index is 12.0. The predicted octanol–water partition coefficient (Wildman–Crippen LogP) is 1.25. The molecule has 0 aliphatic rings. The van der Waals surface area contributed by atoms with Gasteiger partial charge in [-0.1, -0.05) is 0 Å². The highest BCUT2D eigenvalue weighted by molar-refractivity contribution is 5.95. The van der Waals surface area contributed by atoms with Gasteiger partial charge in [0.05, 0.1) is 11.9 Å². The Bertz CT molecular complexity index is 545. The van der Waals surface area contributed by atoms with E-state index in [4.69, 9.17) is 0 Å². The van der Waals surface area contributed by atoms with Crippen LogP contribution in [0.2, 0.25) is 0 Å². The van der Waals surface area contributed by atoms with Crippen molar-refractivity contribution >= 4 is 5.78 Å². The fourth-order valence-corrected chi connectivity index (χ4v) is 1.77. The maximum absolute atomic E-state index is 12.0. The fourth-order valence-electron chi connectivity index (χ4n) is 1.77. The van der Waals surface area contributed by atoms with Crippen LogP contribution < -0.4 is 0 Å². The van der Waals surface area contributed by atoms with Crippen LogP contribution in [0.15, 0.2) is 18.6 Å². The number of aromatic nitrogens is 4. The summed E-state index contributed by atoms with van der Waals surface area (Å²) in [7, 11) is 1.87. The fraction of sp³-hybridized carbons (Fsp3) is 0.333. The van der Waals surface area contributed by atoms with E-state index in [1.807, 2.05) is 20.9 Å². The topological polar surface area (TPSA) is 60.7 Å². The number of hydrogen-bond donors (Lipinski definition) is 0. The van der Waals surface area contributed by atoms with Crippen LogP contribution >= 0.6 is 0 Å². The van der Waals surface area contributed by atoms with Gasteiger partial charge in [-0.2, -0.15) is 5.10 Å². The Balaban J connectivity index is 2.25. The second kappa shape index (κ2) is 4.45. The van der Waals surface area contributed by atoms with Crippen LogP contribution in [0.25, 0.3) is 0 Å². The SMILES string of the molecule is Cc1nn(C)c(C)c1CC(=O)c1cnccn1. The van der Waals surface area contributed by atoms with Gasteiger partial charge in [-0.15, -0.1) is 0 Å². The number of hydrogen-bond acceptors (Lipinski definition) is 4. The van der Waals surface area contributed by atoms with Gasteiger partial charge < -0.3 is 0 Å². The van der Waals surface area contributed by atoms with E-state index in [0.717, 1.165) is 17.0 Å². The summed E-state index contributed by atoms with van der Waals surface area (Å²) in [5, 5.41) is 4.29. The van der Waals surface area contributed by atoms with Gasteiger partial charge in [-0.3, -0.25) is 14.5 Å². The minimum Gasteiger partial charge on any atom is -0.292 e. The summed E-state index contributed by atoms with van der Waals surface area (Å²) in [4.78, 5) is 19.9. The van der Waals surface area contributed by atoms with Crippen LogP contribution in [0, 0.1) is 13.8 Å². The number of nitrogens with zero attached hydrogens (tertiary/aromatic N) is 4. The van der Waals surface area contributed by atoms with E-state index in [1.165, 1.54) is 12.4 Å². The lowest BCUT2D eigenvalue weighted by molar-refractivity contribution is 0.0987. The highest BCUT2D eigenvalue weighted by Crippen LogP contribution is 2.14. The Morgan fingerprint density at radius 3 is 2.65 bits per heavy atom. The smallest absolute Gasteiger partial charge is 0.187 e. The molecule has 2 rings (SSSR count). The Labute approximate surface area is 99.5 Å². The first-order chi connectivity index (χ1) is 8.09. The van der Waals surface area contributed by atoms with Gasteiger partial charge in [-0.25, -0.2) is 4.98 Å². The van der Waals surface area contributed by atoms with Crippen LogP contribution in [0.3, 0.4) is 0 Å². The van der Waals surface area contributed by atoms with Gasteiger partial charge in [0.2, 0.25) is 0 Å². The van der Waals surface area contributed by atoms with E-state index in [1.54, 1.807) is 10.9 Å². The van der Waals surface area contributed by atoms with Crippen molar-refractivity contribution in [2.45, 2.75) is 20.3 Å². The quantitative estimate of drug-likeness (QED) is 0.744. The molecule has 0 spiro atoms. The standard InChI is InChI=1S/C12H14N4O/c1-8-10(9(2)16(3)15-8)6-12(17)11-7-13-4-5-14-11/h4-5,7H,6H2,1-3H3. The minimum atomic E-state index is -0.0303. The molecule has 17 heavy (non-hydrogen) atoms. The molecule has 0 aromatic carbocycles. The van der Waals surface area contributed by atoms with E-state index >= 15 is 0 Å². The zero-order valence-electron chi connectivity index (χ0n) is 10.1. The number of carbonyl (C=O) groups is 1. The molecule has 2 aromatic rings. The van der Waals surface area contributed by atoms with E-state index in [9.17, 15) is 4.79 Å². The predicted molar refractivity (Wildman–Crippen MR) is 62.7 cm³/mol. The molecule has 0 saturated heterocycles. The molecule has 0 aliphatic carbocycles. The highest BCUT2D eigenvalue weighted by atomic mass is 16.1. The third-order valence-corrected chi connectivity index (χ3v) is 2.85. The molecule has 0 N–H and O–H groups in total. The first kappa shape index (κ1) is 11.4. The van der Waals surface area contributed by atoms with Gasteiger partial charge >= 0.3 is 0 Å². The first-order valence-electron chi connectivity index (χ1n) is 5.38. The monoisotopic (exact) mass is 230 g/mol. The average molecular weight is 230 g/mol. The summed E-state index contributed by atoms with van der Waals surface area (Å²) in [6.45, 7) is 3.87. The van der Waals surface area contributed by atoms with Crippen molar-refractivity contribution in [1.82, 2.24) is 19.7 Å². The summed E-state index contributed by atoms with van der Waals surface area (Å²) in [6.07, 6.45) is 4.89. The molecule has 0 fully saturated rings. The molecule has 0 unspecified atom stereocenters. The van der Waals surface area contributed by atoms with Crippen molar-refractivity contribution < 1.29 is 4.79 Å². The Morgan fingerprint density at radius 1 is 1.35 bits per heavy atom. The lowest BCUT2D eigenvalue weighted by Crippen LogP contribution is -2.07. The largest absolute Gasteiger partial charge is 0.292 e. The second-order valence-electron chi connectivity index (χ2n) is 3.96. The third kappa shape index (κ3) is 2.22. The zero-order chi connectivity index (χ0) is 12.4. The van der Waals surface area contributed by atoms with Crippen molar-refractivity contribution in [2.75, 3.05) is 0 Å². The van der Waals surface area contributed by atoms with Crippen molar-refractivity contribution in [3.8, 4) is 0 Å². The summed E-state index contributed by atoms with van der Waals surface area (Å²) in [5.41, 5.74) is 3.28. The van der Waals surface area contributed by atoms with Crippen molar-refractivity contribution in [3.05, 3.63) is 41.2 Å². The van der Waals surface area contributed by atoms with Crippen LogP contribution in [0.5, 0.6) is 0 Å².